The van der Waals surface area contributed by atoms with Crippen LogP contribution in [0.5, 0.6) is 0 Å². The van der Waals surface area contributed by atoms with Crippen LogP contribution in [-0.2, 0) is 16.9 Å². The molecule has 0 saturated heterocycles. The molecule has 2 unspecified atom stereocenters. The molecule has 0 aliphatic heterocycles. The molecule has 7 nitrogen and oxygen atoms in total. The van der Waals surface area contributed by atoms with E-state index in [4.69, 9.17) is 23.2 Å². The Morgan fingerprint density at radius 3 is 2.59 bits per heavy atom. The van der Waals surface area contributed by atoms with Crippen molar-refractivity contribution in [2.24, 2.45) is 17.3 Å². The van der Waals surface area contributed by atoms with E-state index in [0.717, 1.165) is 42.1 Å². The van der Waals surface area contributed by atoms with Crippen molar-refractivity contribution in [2.45, 2.75) is 50.6 Å². The Morgan fingerprint density at radius 1 is 1.15 bits per heavy atom. The fourth-order valence-corrected chi connectivity index (χ4v) is 7.99. The largest absolute Gasteiger partial charge is 0.308 e. The van der Waals surface area contributed by atoms with Gasteiger partial charge in [0.1, 0.15) is 6.33 Å². The molecule has 2 atom stereocenters. The Hall–Kier alpha value is -1.42. The molecule has 34 heavy (non-hydrogen) atoms. The van der Waals surface area contributed by atoms with Crippen molar-refractivity contribution >= 4 is 66.8 Å². The average molecular weight is 629 g/mol. The molecule has 1 N–H and O–H groups in total. The molecule has 4 saturated carbocycles. The van der Waals surface area contributed by atoms with Gasteiger partial charge in [-0.15, -0.1) is 5.10 Å². The van der Waals surface area contributed by atoms with E-state index in [1.807, 2.05) is 23.3 Å². The van der Waals surface area contributed by atoms with E-state index in [-0.39, 0.29) is 11.4 Å². The normalized spacial score (nSPS) is 29.5. The number of carbonyl (C=O) groups excluding carboxylic acids is 1. The summed E-state index contributed by atoms with van der Waals surface area (Å²) in [4.78, 5) is 18.1. The van der Waals surface area contributed by atoms with Crippen molar-refractivity contribution in [2.75, 3.05) is 5.32 Å². The zero-order valence-electron chi connectivity index (χ0n) is 18.1. The lowest BCUT2D eigenvalue weighted by Gasteiger charge is -2.60. The number of anilines is 1. The minimum absolute atomic E-state index is 0.0561. The van der Waals surface area contributed by atoms with Gasteiger partial charge in [-0.25, -0.2) is 9.67 Å². The number of rotatable bonds is 5. The number of benzene rings is 1. The van der Waals surface area contributed by atoms with Gasteiger partial charge in [-0.1, -0.05) is 29.3 Å². The van der Waals surface area contributed by atoms with Crippen LogP contribution in [0.4, 0.5) is 5.82 Å². The van der Waals surface area contributed by atoms with E-state index in [0.29, 0.717) is 39.0 Å². The summed E-state index contributed by atoms with van der Waals surface area (Å²) < 4.78 is 5.11. The lowest BCUT2D eigenvalue weighted by Crippen LogP contribution is -2.60. The summed E-state index contributed by atoms with van der Waals surface area (Å²) in [5.74, 6) is 1.65. The number of amides is 1. The molecule has 4 aliphatic carbocycles. The average Bonchev–Trinajstić information content (AvgIpc) is 3.35. The molecule has 4 bridgehead atoms. The van der Waals surface area contributed by atoms with Gasteiger partial charge in [0.15, 0.2) is 5.82 Å². The zero-order chi connectivity index (χ0) is 23.7. The van der Waals surface area contributed by atoms with Gasteiger partial charge in [0.05, 0.1) is 22.0 Å². The smallest absolute Gasteiger partial charge is 0.231 e. The van der Waals surface area contributed by atoms with E-state index < -0.39 is 5.41 Å². The molecule has 178 valence electrons. The predicted molar refractivity (Wildman–Crippen MR) is 137 cm³/mol. The van der Waals surface area contributed by atoms with Crippen LogP contribution in [0.3, 0.4) is 0 Å². The number of hydrogen-bond acceptors (Lipinski definition) is 4. The highest BCUT2D eigenvalue weighted by molar-refractivity contribution is 9.10. The fraction of sp³-hybridized carbons (Fsp3) is 0.478. The lowest BCUT2D eigenvalue weighted by molar-refractivity contribution is -0.150. The number of hydrogen-bond donors (Lipinski definition) is 1. The second kappa shape index (κ2) is 8.32. The van der Waals surface area contributed by atoms with Gasteiger partial charge in [0.25, 0.3) is 0 Å². The number of nitrogens with one attached hydrogen (secondary N) is 1. The van der Waals surface area contributed by atoms with E-state index in [9.17, 15) is 4.79 Å². The van der Waals surface area contributed by atoms with Crippen LogP contribution in [0.15, 0.2) is 39.9 Å². The molecule has 0 spiro atoms. The number of halogens is 4. The standard InChI is InChI=1S/C23H22Br2Cl2N6O/c24-17-10-32(9-15-1-2-16(26)4-18(15)27)30-19(17)29-20(34)22-5-13-3-14(6-22)8-23(7-13,11-22)33-12-28-21(25)31-33/h1-2,4,10,12-14H,3,5-9,11H2,(H,29,30,34). The highest BCUT2D eigenvalue weighted by Gasteiger charge is 2.61. The molecular formula is C23H22Br2Cl2N6O. The van der Waals surface area contributed by atoms with Crippen molar-refractivity contribution in [3.05, 3.63) is 55.5 Å². The van der Waals surface area contributed by atoms with Crippen LogP contribution in [0, 0.1) is 17.3 Å². The highest BCUT2D eigenvalue weighted by atomic mass is 79.9. The Labute approximate surface area is 223 Å². The minimum Gasteiger partial charge on any atom is -0.308 e. The first-order valence-electron chi connectivity index (χ1n) is 11.3. The summed E-state index contributed by atoms with van der Waals surface area (Å²) in [5.41, 5.74) is 0.356. The van der Waals surface area contributed by atoms with Crippen molar-refractivity contribution in [1.82, 2.24) is 24.5 Å². The van der Waals surface area contributed by atoms with Crippen LogP contribution in [0.2, 0.25) is 10.0 Å². The minimum atomic E-state index is -0.411. The van der Waals surface area contributed by atoms with Crippen LogP contribution < -0.4 is 5.32 Å². The summed E-state index contributed by atoms with van der Waals surface area (Å²) in [6, 6.07) is 5.41. The van der Waals surface area contributed by atoms with Crippen LogP contribution in [-0.4, -0.2) is 30.5 Å². The van der Waals surface area contributed by atoms with E-state index >= 15 is 0 Å². The van der Waals surface area contributed by atoms with Crippen molar-refractivity contribution in [3.8, 4) is 0 Å². The van der Waals surface area contributed by atoms with E-state index in [2.05, 4.69) is 52.4 Å². The monoisotopic (exact) mass is 626 g/mol. The number of carbonyl (C=O) groups is 1. The van der Waals surface area contributed by atoms with Crippen LogP contribution in [0.1, 0.15) is 44.1 Å². The maximum atomic E-state index is 13.8. The SMILES string of the molecule is O=C(Nc1nn(Cc2ccc(Cl)cc2Cl)cc1Br)C12CC3CC(C1)CC(n1cnc(Br)n1)(C3)C2. The first-order chi connectivity index (χ1) is 16.2. The van der Waals surface area contributed by atoms with Gasteiger partial charge in [0.2, 0.25) is 10.6 Å². The first-order valence-corrected chi connectivity index (χ1v) is 13.6. The second-order valence-electron chi connectivity index (χ2n) is 10.1. The molecule has 0 radical (unpaired) electrons. The topological polar surface area (TPSA) is 77.6 Å². The van der Waals surface area contributed by atoms with Gasteiger partial charge < -0.3 is 5.32 Å². The summed E-state index contributed by atoms with van der Waals surface area (Å²) >= 11 is 19.3. The fourth-order valence-electron chi connectivity index (χ4n) is 6.85. The third-order valence-corrected chi connectivity index (χ3v) is 9.29. The third-order valence-electron chi connectivity index (χ3n) is 7.76. The first kappa shape index (κ1) is 23.0. The molecule has 4 fully saturated rings. The molecule has 11 heteroatoms. The van der Waals surface area contributed by atoms with Gasteiger partial charge >= 0.3 is 0 Å². The molecular weight excluding hydrogens is 607 g/mol. The molecule has 7 rings (SSSR count). The van der Waals surface area contributed by atoms with Crippen LogP contribution in [0.25, 0.3) is 0 Å². The summed E-state index contributed by atoms with van der Waals surface area (Å²) in [7, 11) is 0. The number of aromatic nitrogens is 5. The molecule has 4 aliphatic rings. The second-order valence-corrected chi connectivity index (χ2v) is 12.5. The maximum Gasteiger partial charge on any atom is 0.231 e. The Balaban J connectivity index is 1.24. The quantitative estimate of drug-likeness (QED) is 0.360. The lowest BCUT2D eigenvalue weighted by atomic mass is 9.46. The van der Waals surface area contributed by atoms with Crippen molar-refractivity contribution in [1.29, 1.82) is 0 Å². The van der Waals surface area contributed by atoms with Crippen molar-refractivity contribution in [3.63, 3.8) is 0 Å². The molecule has 3 aromatic rings. The predicted octanol–water partition coefficient (Wildman–Crippen LogP) is 6.29. The third kappa shape index (κ3) is 3.92. The highest BCUT2D eigenvalue weighted by Crippen LogP contribution is 2.64. The van der Waals surface area contributed by atoms with Gasteiger partial charge in [-0.2, -0.15) is 5.10 Å². The summed E-state index contributed by atoms with van der Waals surface area (Å²) in [6.07, 6.45) is 9.62. The summed E-state index contributed by atoms with van der Waals surface area (Å²) in [6.45, 7) is 0.476. The zero-order valence-corrected chi connectivity index (χ0v) is 22.8. The van der Waals surface area contributed by atoms with Gasteiger partial charge in [-0.05, 0) is 99.9 Å². The Bertz CT molecular complexity index is 1280. The maximum absolute atomic E-state index is 13.8. The molecule has 2 heterocycles. The number of nitrogens with zero attached hydrogens (tertiary/aromatic N) is 5. The molecule has 1 aromatic carbocycles. The van der Waals surface area contributed by atoms with Gasteiger partial charge in [0, 0.05) is 16.2 Å². The summed E-state index contributed by atoms with van der Waals surface area (Å²) in [5, 5.41) is 13.5. The molecule has 1 amide bonds. The van der Waals surface area contributed by atoms with Crippen molar-refractivity contribution < 1.29 is 4.79 Å². The van der Waals surface area contributed by atoms with E-state index in [1.165, 1.54) is 6.42 Å². The van der Waals surface area contributed by atoms with Gasteiger partial charge in [-0.3, -0.25) is 9.48 Å². The Morgan fingerprint density at radius 2 is 1.91 bits per heavy atom. The van der Waals surface area contributed by atoms with E-state index in [1.54, 1.807) is 16.8 Å². The molecule has 2 aromatic heterocycles. The Kier molecular flexibility index (Phi) is 5.63. The van der Waals surface area contributed by atoms with Crippen LogP contribution >= 0.6 is 55.1 Å².